The molecular weight excluding hydrogens is 269 g/mol. The summed E-state index contributed by atoms with van der Waals surface area (Å²) in [6.07, 6.45) is 0.541. The Morgan fingerprint density at radius 1 is 1.19 bits per heavy atom. The van der Waals surface area contributed by atoms with Gasteiger partial charge in [-0.2, -0.15) is 0 Å². The molecule has 1 atom stereocenters. The van der Waals surface area contributed by atoms with E-state index in [1.165, 1.54) is 19.2 Å². The van der Waals surface area contributed by atoms with Crippen LogP contribution in [0, 0.1) is 5.82 Å². The van der Waals surface area contributed by atoms with E-state index in [1.54, 1.807) is 6.07 Å². The molecule has 2 aromatic carbocycles. The molecule has 1 saturated heterocycles. The van der Waals surface area contributed by atoms with Crippen molar-refractivity contribution in [3.63, 3.8) is 0 Å². The molecule has 0 saturated carbocycles. The zero-order valence-electron chi connectivity index (χ0n) is 11.7. The number of carbonyl (C=O) groups is 1. The molecule has 1 amide bonds. The summed E-state index contributed by atoms with van der Waals surface area (Å²) in [7, 11) is 1.53. The van der Waals surface area contributed by atoms with E-state index in [9.17, 15) is 9.18 Å². The number of hydrogen-bond donors (Lipinski definition) is 1. The van der Waals surface area contributed by atoms with Crippen LogP contribution in [0.5, 0.6) is 5.75 Å². The fourth-order valence-corrected chi connectivity index (χ4v) is 2.68. The molecule has 0 aromatic heterocycles. The molecule has 108 valence electrons. The van der Waals surface area contributed by atoms with Crippen LogP contribution in [-0.4, -0.2) is 19.6 Å². The van der Waals surface area contributed by atoms with Crippen LogP contribution in [0.1, 0.15) is 17.9 Å². The summed E-state index contributed by atoms with van der Waals surface area (Å²) >= 11 is 0. The second-order valence-electron chi connectivity index (χ2n) is 5.17. The number of nitrogens with one attached hydrogen (secondary N) is 1. The van der Waals surface area contributed by atoms with Gasteiger partial charge in [-0.3, -0.25) is 4.79 Å². The van der Waals surface area contributed by atoms with Crippen LogP contribution in [0.15, 0.2) is 42.5 Å². The fraction of sp³-hybridized carbons (Fsp3) is 0.235. The topological polar surface area (TPSA) is 38.3 Å². The Balaban J connectivity index is 1.89. The van der Waals surface area contributed by atoms with Crippen molar-refractivity contribution >= 4 is 5.91 Å². The molecule has 1 fully saturated rings. The molecule has 21 heavy (non-hydrogen) atoms. The molecule has 2 aromatic rings. The van der Waals surface area contributed by atoms with Crippen LogP contribution in [0.3, 0.4) is 0 Å². The van der Waals surface area contributed by atoms with E-state index < -0.39 is 0 Å². The van der Waals surface area contributed by atoms with Crippen molar-refractivity contribution in [1.29, 1.82) is 0 Å². The molecule has 1 heterocycles. The van der Waals surface area contributed by atoms with Gasteiger partial charge in [0.25, 0.3) is 0 Å². The van der Waals surface area contributed by atoms with Crippen LogP contribution in [-0.2, 0) is 4.79 Å². The van der Waals surface area contributed by atoms with Crippen LogP contribution < -0.4 is 10.1 Å². The average Bonchev–Trinajstić information content (AvgIpc) is 2.94. The van der Waals surface area contributed by atoms with E-state index in [4.69, 9.17) is 4.74 Å². The molecule has 0 spiro atoms. The average molecular weight is 285 g/mol. The molecule has 1 aliphatic heterocycles. The Labute approximate surface area is 122 Å². The van der Waals surface area contributed by atoms with Gasteiger partial charge in [-0.25, -0.2) is 4.39 Å². The lowest BCUT2D eigenvalue weighted by molar-refractivity contribution is -0.119. The first kappa shape index (κ1) is 13.6. The number of carbonyl (C=O) groups excluding carboxylic acids is 1. The summed E-state index contributed by atoms with van der Waals surface area (Å²) in [6.45, 7) is 0.693. The number of amides is 1. The zero-order valence-corrected chi connectivity index (χ0v) is 11.7. The third-order valence-corrected chi connectivity index (χ3v) is 3.83. The van der Waals surface area contributed by atoms with E-state index in [-0.39, 0.29) is 17.6 Å². The van der Waals surface area contributed by atoms with Crippen LogP contribution in [0.4, 0.5) is 4.39 Å². The molecule has 4 heteroatoms. The first-order chi connectivity index (χ1) is 10.2. The SMILES string of the molecule is COc1cc(F)ccc1-c1ccc(C2CNC(=O)C2)cc1. The number of methoxy groups -OCH3 is 1. The summed E-state index contributed by atoms with van der Waals surface area (Å²) in [5.41, 5.74) is 2.96. The minimum atomic E-state index is -0.317. The van der Waals surface area contributed by atoms with Crippen molar-refractivity contribution < 1.29 is 13.9 Å². The number of halogens is 1. The van der Waals surface area contributed by atoms with Gasteiger partial charge in [-0.15, -0.1) is 0 Å². The molecule has 3 nitrogen and oxygen atoms in total. The molecule has 0 bridgehead atoms. The monoisotopic (exact) mass is 285 g/mol. The molecule has 0 aliphatic carbocycles. The Morgan fingerprint density at radius 2 is 1.95 bits per heavy atom. The largest absolute Gasteiger partial charge is 0.496 e. The molecule has 0 radical (unpaired) electrons. The van der Waals surface area contributed by atoms with Gasteiger partial charge in [0.1, 0.15) is 11.6 Å². The molecule has 3 rings (SSSR count). The quantitative estimate of drug-likeness (QED) is 0.941. The van der Waals surface area contributed by atoms with Crippen molar-refractivity contribution in [3.8, 4) is 16.9 Å². The van der Waals surface area contributed by atoms with Crippen LogP contribution in [0.25, 0.3) is 11.1 Å². The van der Waals surface area contributed by atoms with Crippen molar-refractivity contribution in [3.05, 3.63) is 53.8 Å². The summed E-state index contributed by atoms with van der Waals surface area (Å²) in [5.74, 6) is 0.536. The second kappa shape index (κ2) is 5.56. The maximum absolute atomic E-state index is 13.2. The second-order valence-corrected chi connectivity index (χ2v) is 5.17. The number of ether oxygens (including phenoxy) is 1. The van der Waals surface area contributed by atoms with Gasteiger partial charge in [0.15, 0.2) is 0 Å². The van der Waals surface area contributed by atoms with Gasteiger partial charge >= 0.3 is 0 Å². The standard InChI is InChI=1S/C17H16FNO2/c1-21-16-9-14(18)6-7-15(16)12-4-2-11(3-5-12)13-8-17(20)19-10-13/h2-7,9,13H,8,10H2,1H3,(H,19,20). The van der Waals surface area contributed by atoms with Crippen molar-refractivity contribution in [2.45, 2.75) is 12.3 Å². The van der Waals surface area contributed by atoms with Gasteiger partial charge in [0, 0.05) is 30.5 Å². The minimum absolute atomic E-state index is 0.101. The molecule has 1 N–H and O–H groups in total. The third-order valence-electron chi connectivity index (χ3n) is 3.83. The van der Waals surface area contributed by atoms with Crippen LogP contribution >= 0.6 is 0 Å². The summed E-state index contributed by atoms with van der Waals surface area (Å²) in [6, 6.07) is 12.5. The first-order valence-electron chi connectivity index (χ1n) is 6.88. The Kier molecular flexibility index (Phi) is 3.60. The highest BCUT2D eigenvalue weighted by molar-refractivity contribution is 5.79. The number of hydrogen-bond acceptors (Lipinski definition) is 2. The highest BCUT2D eigenvalue weighted by Gasteiger charge is 2.22. The van der Waals surface area contributed by atoms with Gasteiger partial charge in [0.2, 0.25) is 5.91 Å². The molecular formula is C17H16FNO2. The minimum Gasteiger partial charge on any atom is -0.496 e. The highest BCUT2D eigenvalue weighted by atomic mass is 19.1. The lowest BCUT2D eigenvalue weighted by Crippen LogP contribution is -2.13. The van der Waals surface area contributed by atoms with Gasteiger partial charge in [0.05, 0.1) is 7.11 Å². The fourth-order valence-electron chi connectivity index (χ4n) is 2.68. The Morgan fingerprint density at radius 3 is 2.57 bits per heavy atom. The predicted molar refractivity (Wildman–Crippen MR) is 78.8 cm³/mol. The normalized spacial score (nSPS) is 17.6. The van der Waals surface area contributed by atoms with Crippen LogP contribution in [0.2, 0.25) is 0 Å². The highest BCUT2D eigenvalue weighted by Crippen LogP contribution is 2.32. The maximum atomic E-state index is 13.2. The van der Waals surface area contributed by atoms with E-state index in [0.29, 0.717) is 18.7 Å². The summed E-state index contributed by atoms with van der Waals surface area (Å²) in [5, 5.41) is 2.84. The molecule has 1 aliphatic rings. The van der Waals surface area contributed by atoms with Gasteiger partial charge in [-0.1, -0.05) is 24.3 Å². The lowest BCUT2D eigenvalue weighted by atomic mass is 9.95. The van der Waals surface area contributed by atoms with Crippen molar-refractivity contribution in [2.75, 3.05) is 13.7 Å². The lowest BCUT2D eigenvalue weighted by Gasteiger charge is -2.11. The van der Waals surface area contributed by atoms with Gasteiger partial charge in [-0.05, 0) is 23.3 Å². The van der Waals surface area contributed by atoms with Gasteiger partial charge < -0.3 is 10.1 Å². The molecule has 1 unspecified atom stereocenters. The first-order valence-corrected chi connectivity index (χ1v) is 6.88. The Bertz CT molecular complexity index is 667. The van der Waals surface area contributed by atoms with E-state index in [0.717, 1.165) is 16.7 Å². The number of benzene rings is 2. The third kappa shape index (κ3) is 2.75. The predicted octanol–water partition coefficient (Wildman–Crippen LogP) is 3.10. The van der Waals surface area contributed by atoms with Crippen molar-refractivity contribution in [2.24, 2.45) is 0 Å². The maximum Gasteiger partial charge on any atom is 0.220 e. The van der Waals surface area contributed by atoms with Crippen molar-refractivity contribution in [1.82, 2.24) is 5.32 Å². The van der Waals surface area contributed by atoms with E-state index in [2.05, 4.69) is 5.32 Å². The number of rotatable bonds is 3. The van der Waals surface area contributed by atoms with E-state index >= 15 is 0 Å². The smallest absolute Gasteiger partial charge is 0.220 e. The zero-order chi connectivity index (χ0) is 14.8. The summed E-state index contributed by atoms with van der Waals surface area (Å²) in [4.78, 5) is 11.3. The van der Waals surface area contributed by atoms with E-state index in [1.807, 2.05) is 24.3 Å². The Hall–Kier alpha value is -2.36. The summed E-state index contributed by atoms with van der Waals surface area (Å²) < 4.78 is 18.5.